The van der Waals surface area contributed by atoms with Crippen molar-refractivity contribution in [2.45, 2.75) is 12.8 Å². The number of benzene rings is 1. The summed E-state index contributed by atoms with van der Waals surface area (Å²) in [6, 6.07) is 9.83. The molecule has 0 amide bonds. The largest absolute Gasteiger partial charge is 0.494 e. The molecule has 0 bridgehead atoms. The number of nitrogens with one attached hydrogen (secondary N) is 1. The summed E-state index contributed by atoms with van der Waals surface area (Å²) in [4.78, 5) is 0. The fraction of sp³-hybridized carbons (Fsp3) is 0.400. The first-order valence-electron chi connectivity index (χ1n) is 4.55. The molecule has 0 atom stereocenters. The summed E-state index contributed by atoms with van der Waals surface area (Å²) in [5.74, 6) is 6.06. The number of rotatable bonds is 6. The summed E-state index contributed by atoms with van der Waals surface area (Å²) in [5.41, 5.74) is 2.61. The highest BCUT2D eigenvalue weighted by Gasteiger charge is 1.90. The van der Waals surface area contributed by atoms with Gasteiger partial charge in [0.15, 0.2) is 0 Å². The predicted molar refractivity (Wildman–Crippen MR) is 53.4 cm³/mol. The van der Waals surface area contributed by atoms with Gasteiger partial charge < -0.3 is 4.74 Å². The Labute approximate surface area is 78.9 Å². The molecule has 0 aliphatic carbocycles. The van der Waals surface area contributed by atoms with E-state index in [0.717, 1.165) is 31.7 Å². The van der Waals surface area contributed by atoms with Gasteiger partial charge in [0, 0.05) is 6.54 Å². The third-order valence-corrected chi connectivity index (χ3v) is 1.73. The van der Waals surface area contributed by atoms with Crippen molar-refractivity contribution >= 4 is 0 Å². The summed E-state index contributed by atoms with van der Waals surface area (Å²) in [5, 5.41) is 0. The van der Waals surface area contributed by atoms with E-state index in [-0.39, 0.29) is 0 Å². The molecule has 0 saturated carbocycles. The fourth-order valence-electron chi connectivity index (χ4n) is 1.04. The van der Waals surface area contributed by atoms with Gasteiger partial charge >= 0.3 is 0 Å². The Morgan fingerprint density at radius 1 is 1.15 bits per heavy atom. The normalized spacial score (nSPS) is 9.92. The smallest absolute Gasteiger partial charge is 0.119 e. The molecule has 72 valence electrons. The second-order valence-corrected chi connectivity index (χ2v) is 2.82. The lowest BCUT2D eigenvalue weighted by atomic mass is 10.3. The van der Waals surface area contributed by atoms with Crippen molar-refractivity contribution in [2.75, 3.05) is 13.2 Å². The number of ether oxygens (including phenoxy) is 1. The molecule has 3 heteroatoms. The summed E-state index contributed by atoms with van der Waals surface area (Å²) >= 11 is 0. The minimum absolute atomic E-state index is 0.756. The average molecular weight is 180 g/mol. The van der Waals surface area contributed by atoms with E-state index in [2.05, 4.69) is 5.43 Å². The van der Waals surface area contributed by atoms with Crippen molar-refractivity contribution in [2.24, 2.45) is 5.84 Å². The Morgan fingerprint density at radius 2 is 1.92 bits per heavy atom. The van der Waals surface area contributed by atoms with Crippen LogP contribution in [-0.4, -0.2) is 13.2 Å². The monoisotopic (exact) mass is 180 g/mol. The zero-order valence-corrected chi connectivity index (χ0v) is 7.70. The van der Waals surface area contributed by atoms with Crippen LogP contribution in [0.25, 0.3) is 0 Å². The molecule has 0 saturated heterocycles. The number of unbranched alkanes of at least 4 members (excludes halogenated alkanes) is 1. The topological polar surface area (TPSA) is 47.3 Å². The lowest BCUT2D eigenvalue weighted by molar-refractivity contribution is 0.306. The summed E-state index contributed by atoms with van der Waals surface area (Å²) in [6.07, 6.45) is 2.07. The molecule has 0 fully saturated rings. The molecule has 3 nitrogen and oxygen atoms in total. The Morgan fingerprint density at radius 3 is 2.62 bits per heavy atom. The second-order valence-electron chi connectivity index (χ2n) is 2.82. The van der Waals surface area contributed by atoms with Crippen molar-refractivity contribution < 1.29 is 4.74 Å². The molecule has 0 heterocycles. The molecule has 0 spiro atoms. The lowest BCUT2D eigenvalue weighted by Crippen LogP contribution is -2.23. The molecule has 0 aromatic heterocycles. The molecule has 0 radical (unpaired) electrons. The molecule has 0 aliphatic heterocycles. The van der Waals surface area contributed by atoms with Crippen LogP contribution in [0.4, 0.5) is 0 Å². The highest BCUT2D eigenvalue weighted by atomic mass is 16.5. The molecule has 3 N–H and O–H groups in total. The number of hydrazine groups is 1. The Balaban J connectivity index is 2.07. The minimum Gasteiger partial charge on any atom is -0.494 e. The van der Waals surface area contributed by atoms with Gasteiger partial charge in [0.05, 0.1) is 6.61 Å². The summed E-state index contributed by atoms with van der Waals surface area (Å²) in [6.45, 7) is 1.60. The van der Waals surface area contributed by atoms with Gasteiger partial charge in [-0.05, 0) is 25.0 Å². The molecule has 1 rings (SSSR count). The van der Waals surface area contributed by atoms with Crippen LogP contribution in [0.3, 0.4) is 0 Å². The molecule has 1 aromatic carbocycles. The van der Waals surface area contributed by atoms with Gasteiger partial charge in [0.1, 0.15) is 5.75 Å². The second kappa shape index (κ2) is 6.46. The first-order valence-corrected chi connectivity index (χ1v) is 4.55. The predicted octanol–water partition coefficient (Wildman–Crippen LogP) is 1.31. The molecule has 1 aromatic rings. The molecule has 0 aliphatic rings. The summed E-state index contributed by atoms with van der Waals surface area (Å²) < 4.78 is 5.48. The van der Waals surface area contributed by atoms with Crippen LogP contribution < -0.4 is 16.0 Å². The van der Waals surface area contributed by atoms with Crippen molar-refractivity contribution in [3.8, 4) is 5.75 Å². The third kappa shape index (κ3) is 4.50. The standard InChI is InChI=1S/C10H16N2O/c11-12-8-4-5-9-13-10-6-2-1-3-7-10/h1-3,6-7,12H,4-5,8-9,11H2. The van der Waals surface area contributed by atoms with Crippen LogP contribution in [0.5, 0.6) is 5.75 Å². The average Bonchev–Trinajstić information content (AvgIpc) is 2.19. The van der Waals surface area contributed by atoms with Crippen molar-refractivity contribution in [3.63, 3.8) is 0 Å². The van der Waals surface area contributed by atoms with Gasteiger partial charge in [0.2, 0.25) is 0 Å². The zero-order chi connectivity index (χ0) is 9.36. The van der Waals surface area contributed by atoms with Crippen molar-refractivity contribution in [1.29, 1.82) is 0 Å². The van der Waals surface area contributed by atoms with Crippen LogP contribution >= 0.6 is 0 Å². The van der Waals surface area contributed by atoms with Crippen LogP contribution in [0.1, 0.15) is 12.8 Å². The lowest BCUT2D eigenvalue weighted by Gasteiger charge is -2.04. The Bertz CT molecular complexity index is 213. The van der Waals surface area contributed by atoms with E-state index < -0.39 is 0 Å². The van der Waals surface area contributed by atoms with Gasteiger partial charge in [-0.15, -0.1) is 0 Å². The molecule has 13 heavy (non-hydrogen) atoms. The van der Waals surface area contributed by atoms with Gasteiger partial charge in [0.25, 0.3) is 0 Å². The zero-order valence-electron chi connectivity index (χ0n) is 7.70. The van der Waals surface area contributed by atoms with E-state index in [4.69, 9.17) is 10.6 Å². The molecular weight excluding hydrogens is 164 g/mol. The van der Waals surface area contributed by atoms with Gasteiger partial charge in [-0.2, -0.15) is 0 Å². The number of hydrogen-bond acceptors (Lipinski definition) is 3. The maximum Gasteiger partial charge on any atom is 0.119 e. The minimum atomic E-state index is 0.756. The first-order chi connectivity index (χ1) is 6.43. The first kappa shape index (κ1) is 10.0. The number of nitrogens with two attached hydrogens (primary N) is 1. The third-order valence-electron chi connectivity index (χ3n) is 1.73. The maximum absolute atomic E-state index is 5.48. The fourth-order valence-corrected chi connectivity index (χ4v) is 1.04. The van der Waals surface area contributed by atoms with E-state index in [9.17, 15) is 0 Å². The van der Waals surface area contributed by atoms with E-state index >= 15 is 0 Å². The van der Waals surface area contributed by atoms with E-state index in [1.807, 2.05) is 30.3 Å². The maximum atomic E-state index is 5.48. The Kier molecular flexibility index (Phi) is 4.98. The van der Waals surface area contributed by atoms with Crippen molar-refractivity contribution in [3.05, 3.63) is 30.3 Å². The molecule has 0 unspecified atom stereocenters. The van der Waals surface area contributed by atoms with Crippen molar-refractivity contribution in [1.82, 2.24) is 5.43 Å². The van der Waals surface area contributed by atoms with E-state index in [0.29, 0.717) is 0 Å². The van der Waals surface area contributed by atoms with Gasteiger partial charge in [-0.25, -0.2) is 0 Å². The van der Waals surface area contributed by atoms with Gasteiger partial charge in [-0.1, -0.05) is 18.2 Å². The highest BCUT2D eigenvalue weighted by molar-refractivity contribution is 5.20. The van der Waals surface area contributed by atoms with E-state index in [1.54, 1.807) is 0 Å². The number of para-hydroxylation sites is 1. The van der Waals surface area contributed by atoms with E-state index in [1.165, 1.54) is 0 Å². The van der Waals surface area contributed by atoms with Crippen LogP contribution in [-0.2, 0) is 0 Å². The quantitative estimate of drug-likeness (QED) is 0.394. The van der Waals surface area contributed by atoms with Crippen LogP contribution in [0, 0.1) is 0 Å². The highest BCUT2D eigenvalue weighted by Crippen LogP contribution is 2.08. The van der Waals surface area contributed by atoms with Gasteiger partial charge in [-0.3, -0.25) is 11.3 Å². The number of hydrogen-bond donors (Lipinski definition) is 2. The SMILES string of the molecule is NNCCCCOc1ccccc1. The molecular formula is C10H16N2O. The van der Waals surface area contributed by atoms with Crippen LogP contribution in [0.15, 0.2) is 30.3 Å². The van der Waals surface area contributed by atoms with Crippen LogP contribution in [0.2, 0.25) is 0 Å². The Hall–Kier alpha value is -1.06. The summed E-state index contributed by atoms with van der Waals surface area (Å²) in [7, 11) is 0.